The lowest BCUT2D eigenvalue weighted by molar-refractivity contribution is -0.118. The van der Waals surface area contributed by atoms with Crippen LogP contribution >= 0.6 is 0 Å². The Kier molecular flexibility index (Phi) is 5.94. The quantitative estimate of drug-likeness (QED) is 0.813. The number of methoxy groups -OCH3 is 1. The maximum Gasteiger partial charge on any atom is 0.263 e. The van der Waals surface area contributed by atoms with E-state index in [4.69, 9.17) is 9.47 Å². The first-order valence-electron chi connectivity index (χ1n) is 8.98. The molecule has 26 heavy (non-hydrogen) atoms. The first-order chi connectivity index (χ1) is 12.7. The number of nitrogens with one attached hydrogen (secondary N) is 1. The van der Waals surface area contributed by atoms with E-state index in [9.17, 15) is 4.79 Å². The summed E-state index contributed by atoms with van der Waals surface area (Å²) in [6.07, 6.45) is 10.3. The summed E-state index contributed by atoms with van der Waals surface area (Å²) in [6, 6.07) is 7.81. The number of aromatic nitrogens is 2. The molecule has 1 fully saturated rings. The molecule has 1 aromatic heterocycles. The third kappa shape index (κ3) is 4.25. The molecule has 0 unspecified atom stereocenters. The lowest BCUT2D eigenvalue weighted by Gasteiger charge is -2.15. The Labute approximate surface area is 153 Å². The first kappa shape index (κ1) is 18.0. The van der Waals surface area contributed by atoms with Crippen molar-refractivity contribution in [1.82, 2.24) is 9.78 Å². The molecule has 0 atom stereocenters. The van der Waals surface area contributed by atoms with Crippen molar-refractivity contribution >= 4 is 17.8 Å². The first-order valence-corrected chi connectivity index (χ1v) is 8.98. The fourth-order valence-electron chi connectivity index (χ4n) is 3.27. The zero-order chi connectivity index (χ0) is 18.4. The predicted octanol–water partition coefficient (Wildman–Crippen LogP) is 4.06. The Balaban J connectivity index is 1.60. The topological polar surface area (TPSA) is 65.4 Å². The van der Waals surface area contributed by atoms with E-state index in [1.807, 2.05) is 48.0 Å². The van der Waals surface area contributed by atoms with Crippen LogP contribution in [0.15, 0.2) is 36.5 Å². The van der Waals surface area contributed by atoms with Crippen LogP contribution in [0.2, 0.25) is 0 Å². The van der Waals surface area contributed by atoms with Crippen molar-refractivity contribution < 1.29 is 14.3 Å². The lowest BCUT2D eigenvalue weighted by Crippen LogP contribution is -2.23. The molecule has 1 aliphatic carbocycles. The summed E-state index contributed by atoms with van der Waals surface area (Å²) in [5.41, 5.74) is 1.02. The minimum Gasteiger partial charge on any atom is -0.493 e. The molecule has 0 saturated heterocycles. The van der Waals surface area contributed by atoms with Gasteiger partial charge < -0.3 is 14.8 Å². The van der Waals surface area contributed by atoms with Crippen LogP contribution in [0.25, 0.3) is 6.08 Å². The number of anilines is 1. The van der Waals surface area contributed by atoms with E-state index < -0.39 is 0 Å². The van der Waals surface area contributed by atoms with Gasteiger partial charge in [-0.1, -0.05) is 31.1 Å². The van der Waals surface area contributed by atoms with E-state index in [1.54, 1.807) is 13.3 Å². The third-order valence-electron chi connectivity index (χ3n) is 4.51. The molecule has 0 spiro atoms. The van der Waals surface area contributed by atoms with Crippen LogP contribution in [0.4, 0.5) is 5.82 Å². The molecule has 0 bridgehead atoms. The normalized spacial score (nSPS) is 14.7. The number of rotatable bonds is 7. The number of allylic oxidation sites excluding steroid dienone is 1. The zero-order valence-corrected chi connectivity index (χ0v) is 15.3. The van der Waals surface area contributed by atoms with Crippen molar-refractivity contribution in [2.24, 2.45) is 0 Å². The highest BCUT2D eigenvalue weighted by molar-refractivity contribution is 5.91. The fraction of sp³-hybridized carbons (Fsp3) is 0.400. The van der Waals surface area contributed by atoms with Gasteiger partial charge in [0.1, 0.15) is 5.82 Å². The summed E-state index contributed by atoms with van der Waals surface area (Å²) in [5, 5.41) is 7.25. The van der Waals surface area contributed by atoms with E-state index in [2.05, 4.69) is 10.4 Å². The van der Waals surface area contributed by atoms with E-state index in [1.165, 1.54) is 12.8 Å². The van der Waals surface area contributed by atoms with Crippen molar-refractivity contribution in [1.29, 1.82) is 0 Å². The second kappa shape index (κ2) is 8.56. The van der Waals surface area contributed by atoms with Gasteiger partial charge in [0.15, 0.2) is 18.1 Å². The van der Waals surface area contributed by atoms with Gasteiger partial charge in [0, 0.05) is 6.07 Å². The van der Waals surface area contributed by atoms with E-state index in [0.29, 0.717) is 17.5 Å². The van der Waals surface area contributed by atoms with Gasteiger partial charge in [-0.05, 0) is 37.5 Å². The molecule has 0 aliphatic heterocycles. The molecule has 6 nitrogen and oxygen atoms in total. The molecule has 1 N–H and O–H groups in total. The van der Waals surface area contributed by atoms with Crippen LogP contribution in [-0.4, -0.2) is 29.4 Å². The minimum atomic E-state index is -0.218. The maximum absolute atomic E-state index is 12.3. The number of ether oxygens (including phenoxy) is 2. The number of hydrogen-bond donors (Lipinski definition) is 1. The van der Waals surface area contributed by atoms with Crippen LogP contribution in [0.3, 0.4) is 0 Å². The van der Waals surface area contributed by atoms with Crippen LogP contribution in [0, 0.1) is 0 Å². The van der Waals surface area contributed by atoms with Gasteiger partial charge in [-0.3, -0.25) is 4.79 Å². The second-order valence-corrected chi connectivity index (χ2v) is 6.35. The molecule has 1 saturated carbocycles. The van der Waals surface area contributed by atoms with Crippen LogP contribution in [0.1, 0.15) is 44.2 Å². The molecule has 138 valence electrons. The van der Waals surface area contributed by atoms with Crippen molar-refractivity contribution in [2.45, 2.75) is 38.6 Å². The number of benzene rings is 1. The molecular weight excluding hydrogens is 330 g/mol. The van der Waals surface area contributed by atoms with Crippen LogP contribution in [-0.2, 0) is 4.79 Å². The van der Waals surface area contributed by atoms with Crippen LogP contribution < -0.4 is 14.8 Å². The Bertz CT molecular complexity index is 776. The van der Waals surface area contributed by atoms with Crippen molar-refractivity contribution in [3.05, 3.63) is 42.1 Å². The van der Waals surface area contributed by atoms with Crippen molar-refractivity contribution in [3.8, 4) is 11.5 Å². The monoisotopic (exact) mass is 355 g/mol. The molecule has 1 heterocycles. The Morgan fingerprint density at radius 2 is 2.12 bits per heavy atom. The summed E-state index contributed by atoms with van der Waals surface area (Å²) in [7, 11) is 1.59. The number of carbonyl (C=O) groups excluding carboxylic acids is 1. The Morgan fingerprint density at radius 1 is 1.31 bits per heavy atom. The van der Waals surface area contributed by atoms with Gasteiger partial charge >= 0.3 is 0 Å². The predicted molar refractivity (Wildman–Crippen MR) is 102 cm³/mol. The number of carbonyl (C=O) groups is 1. The van der Waals surface area contributed by atoms with Gasteiger partial charge in [0.2, 0.25) is 0 Å². The Hall–Kier alpha value is -2.76. The number of hydrogen-bond acceptors (Lipinski definition) is 4. The molecule has 1 aromatic carbocycles. The highest BCUT2D eigenvalue weighted by Crippen LogP contribution is 2.31. The maximum atomic E-state index is 12.3. The molecular formula is C20H25N3O3. The van der Waals surface area contributed by atoms with Crippen molar-refractivity contribution in [2.75, 3.05) is 19.0 Å². The smallest absolute Gasteiger partial charge is 0.263 e. The highest BCUT2D eigenvalue weighted by Gasteiger charge is 2.20. The standard InChI is InChI=1S/C20H25N3O3/c1-3-6-15-9-10-17(18(13-15)25-2)26-14-20(24)22-19-11-12-21-23(19)16-7-4-5-8-16/h3,6,9-13,16H,4-5,7-8,14H2,1-2H3,(H,22,24)/b6-3+. The van der Waals surface area contributed by atoms with Gasteiger partial charge in [0.25, 0.3) is 5.91 Å². The van der Waals surface area contributed by atoms with E-state index in [-0.39, 0.29) is 12.5 Å². The molecule has 3 rings (SSSR count). The van der Waals surface area contributed by atoms with Crippen LogP contribution in [0.5, 0.6) is 11.5 Å². The summed E-state index contributed by atoms with van der Waals surface area (Å²) in [5.74, 6) is 1.65. The SMILES string of the molecule is C/C=C/c1ccc(OCC(=O)Nc2ccnn2C2CCCC2)c(OC)c1. The highest BCUT2D eigenvalue weighted by atomic mass is 16.5. The number of amides is 1. The summed E-state index contributed by atoms with van der Waals surface area (Å²) in [4.78, 5) is 12.3. The van der Waals surface area contributed by atoms with Gasteiger partial charge in [-0.2, -0.15) is 5.10 Å². The molecule has 1 aliphatic rings. The average Bonchev–Trinajstić information content (AvgIpc) is 3.32. The summed E-state index contributed by atoms with van der Waals surface area (Å²) >= 11 is 0. The van der Waals surface area contributed by atoms with Gasteiger partial charge in [0.05, 0.1) is 19.3 Å². The molecule has 2 aromatic rings. The third-order valence-corrected chi connectivity index (χ3v) is 4.51. The molecule has 1 amide bonds. The summed E-state index contributed by atoms with van der Waals surface area (Å²) in [6.45, 7) is 1.87. The van der Waals surface area contributed by atoms with E-state index >= 15 is 0 Å². The van der Waals surface area contributed by atoms with E-state index in [0.717, 1.165) is 24.2 Å². The Morgan fingerprint density at radius 3 is 2.85 bits per heavy atom. The van der Waals surface area contributed by atoms with Gasteiger partial charge in [-0.25, -0.2) is 4.68 Å². The summed E-state index contributed by atoms with van der Waals surface area (Å²) < 4.78 is 12.9. The number of nitrogens with zero attached hydrogens (tertiary/aromatic N) is 2. The molecule has 0 radical (unpaired) electrons. The zero-order valence-electron chi connectivity index (χ0n) is 15.3. The largest absolute Gasteiger partial charge is 0.493 e. The fourth-order valence-corrected chi connectivity index (χ4v) is 3.27. The minimum absolute atomic E-state index is 0.0881. The average molecular weight is 355 g/mol. The molecule has 6 heteroatoms. The van der Waals surface area contributed by atoms with Gasteiger partial charge in [-0.15, -0.1) is 0 Å². The lowest BCUT2D eigenvalue weighted by atomic mass is 10.2. The second-order valence-electron chi connectivity index (χ2n) is 6.35. The van der Waals surface area contributed by atoms with Crippen molar-refractivity contribution in [3.63, 3.8) is 0 Å².